The second-order valence-electron chi connectivity index (χ2n) is 3.32. The van der Waals surface area contributed by atoms with E-state index in [1.807, 2.05) is 0 Å². The second-order valence-corrected chi connectivity index (χ2v) is 8.61. The molecule has 11 heavy (non-hydrogen) atoms. The van der Waals surface area contributed by atoms with Crippen LogP contribution in [0, 0.1) is 0 Å². The third kappa shape index (κ3) is 3.96. The van der Waals surface area contributed by atoms with Crippen LogP contribution in [0.15, 0.2) is 0 Å². The molecule has 0 saturated heterocycles. The van der Waals surface area contributed by atoms with Crippen LogP contribution in [-0.2, 0) is 11.8 Å². The molecular formula is C8H19PS2. The molecule has 3 heteroatoms. The summed E-state index contributed by atoms with van der Waals surface area (Å²) in [6.45, 7) is 6.74. The minimum Gasteiger partial charge on any atom is -0.143 e. The van der Waals surface area contributed by atoms with Crippen LogP contribution in [0.2, 0.25) is 0 Å². The molecule has 0 N–H and O–H groups in total. The lowest BCUT2D eigenvalue weighted by Crippen LogP contribution is -2.16. The SMILES string of the molecule is CCCCC(C)(CC)[PH](=S)S. The van der Waals surface area contributed by atoms with Crippen molar-refractivity contribution in [1.29, 1.82) is 0 Å². The van der Waals surface area contributed by atoms with E-state index in [2.05, 4.69) is 33.0 Å². The van der Waals surface area contributed by atoms with Crippen molar-refractivity contribution < 1.29 is 0 Å². The third-order valence-electron chi connectivity index (χ3n) is 2.38. The van der Waals surface area contributed by atoms with E-state index in [4.69, 9.17) is 11.8 Å². The van der Waals surface area contributed by atoms with Crippen LogP contribution in [-0.4, -0.2) is 5.16 Å². The molecular weight excluding hydrogens is 191 g/mol. The Morgan fingerprint density at radius 3 is 2.27 bits per heavy atom. The minimum absolute atomic E-state index is 0.374. The van der Waals surface area contributed by atoms with Gasteiger partial charge < -0.3 is 0 Å². The smallest absolute Gasteiger partial charge is 0.00231 e. The van der Waals surface area contributed by atoms with Gasteiger partial charge in [-0.2, -0.15) is 0 Å². The van der Waals surface area contributed by atoms with Crippen molar-refractivity contribution in [3.8, 4) is 0 Å². The van der Waals surface area contributed by atoms with Crippen LogP contribution >= 0.6 is 18.1 Å². The lowest BCUT2D eigenvalue weighted by molar-refractivity contribution is 0.536. The average molecular weight is 210 g/mol. The molecule has 2 unspecified atom stereocenters. The zero-order valence-corrected chi connectivity index (χ0v) is 10.4. The molecule has 0 aliphatic rings. The van der Waals surface area contributed by atoms with E-state index in [-0.39, 0.29) is 0 Å². The highest BCUT2D eigenvalue weighted by Gasteiger charge is 2.22. The Hall–Kier alpha value is 1.00. The number of hydrogen-bond donors (Lipinski definition) is 1. The average Bonchev–Trinajstić information content (AvgIpc) is 2.00. The molecule has 0 saturated carbocycles. The van der Waals surface area contributed by atoms with Crippen molar-refractivity contribution in [1.82, 2.24) is 0 Å². The Kier molecular flexibility index (Phi) is 6.12. The summed E-state index contributed by atoms with van der Waals surface area (Å²) in [4.78, 5) is 0. The highest BCUT2D eigenvalue weighted by molar-refractivity contribution is 8.56. The number of hydrogen-bond acceptors (Lipinski definition) is 1. The molecule has 0 bridgehead atoms. The molecule has 0 rings (SSSR count). The zero-order valence-electron chi connectivity index (χ0n) is 7.68. The fourth-order valence-corrected chi connectivity index (χ4v) is 3.24. The summed E-state index contributed by atoms with van der Waals surface area (Å²) in [5.74, 6) is -0.817. The predicted octanol–water partition coefficient (Wildman–Crippen LogP) is 3.87. The lowest BCUT2D eigenvalue weighted by atomic mass is 10.0. The van der Waals surface area contributed by atoms with Gasteiger partial charge in [-0.25, -0.2) is 0 Å². The van der Waals surface area contributed by atoms with Gasteiger partial charge in [-0.05, 0) is 18.7 Å². The lowest BCUT2D eigenvalue weighted by Gasteiger charge is -2.27. The number of unbranched alkanes of at least 4 members (excludes halogenated alkanes) is 1. The monoisotopic (exact) mass is 210 g/mol. The summed E-state index contributed by atoms with van der Waals surface area (Å²) in [6.07, 6.45) is 5.03. The molecule has 0 aromatic heterocycles. The van der Waals surface area contributed by atoms with Gasteiger partial charge in [0.05, 0.1) is 0 Å². The van der Waals surface area contributed by atoms with Crippen molar-refractivity contribution in [2.75, 3.05) is 0 Å². The van der Waals surface area contributed by atoms with Gasteiger partial charge in [0.15, 0.2) is 0 Å². The van der Waals surface area contributed by atoms with Gasteiger partial charge in [0, 0.05) is 5.16 Å². The fraction of sp³-hybridized carbons (Fsp3) is 1.00. The molecule has 0 aromatic carbocycles. The first-order valence-corrected chi connectivity index (χ1v) is 8.22. The Morgan fingerprint density at radius 1 is 1.45 bits per heavy atom. The first-order chi connectivity index (χ1) is 5.06. The number of thiol groups is 1. The Morgan fingerprint density at radius 2 is 2.00 bits per heavy atom. The Balaban J connectivity index is 3.99. The van der Waals surface area contributed by atoms with E-state index < -0.39 is 5.90 Å². The van der Waals surface area contributed by atoms with Crippen LogP contribution in [0.4, 0.5) is 0 Å². The van der Waals surface area contributed by atoms with E-state index in [1.165, 1.54) is 25.7 Å². The van der Waals surface area contributed by atoms with Crippen molar-refractivity contribution in [3.05, 3.63) is 0 Å². The van der Waals surface area contributed by atoms with Gasteiger partial charge in [-0.1, -0.05) is 45.4 Å². The third-order valence-corrected chi connectivity index (χ3v) is 7.11. The van der Waals surface area contributed by atoms with Crippen molar-refractivity contribution in [2.24, 2.45) is 0 Å². The maximum absolute atomic E-state index is 5.29. The largest absolute Gasteiger partial charge is 0.143 e. The molecule has 0 aliphatic heterocycles. The van der Waals surface area contributed by atoms with Crippen molar-refractivity contribution in [2.45, 2.75) is 51.6 Å². The predicted molar refractivity (Wildman–Crippen MR) is 62.9 cm³/mol. The van der Waals surface area contributed by atoms with Crippen molar-refractivity contribution in [3.63, 3.8) is 0 Å². The molecule has 0 fully saturated rings. The second kappa shape index (κ2) is 5.61. The molecule has 68 valence electrons. The Labute approximate surface area is 81.7 Å². The maximum atomic E-state index is 5.29. The molecule has 2 atom stereocenters. The summed E-state index contributed by atoms with van der Waals surface area (Å²) < 4.78 is 0. The van der Waals surface area contributed by atoms with Crippen LogP contribution < -0.4 is 0 Å². The highest BCUT2D eigenvalue weighted by Crippen LogP contribution is 2.48. The van der Waals surface area contributed by atoms with E-state index in [9.17, 15) is 0 Å². The van der Waals surface area contributed by atoms with Gasteiger partial charge >= 0.3 is 0 Å². The van der Waals surface area contributed by atoms with Gasteiger partial charge in [-0.3, -0.25) is 0 Å². The summed E-state index contributed by atoms with van der Waals surface area (Å²) in [5, 5.41) is 0.374. The van der Waals surface area contributed by atoms with Gasteiger partial charge in [0.25, 0.3) is 0 Å². The van der Waals surface area contributed by atoms with Crippen molar-refractivity contribution >= 4 is 30.0 Å². The van der Waals surface area contributed by atoms with E-state index in [0.717, 1.165) is 0 Å². The number of rotatable bonds is 5. The summed E-state index contributed by atoms with van der Waals surface area (Å²) in [6, 6.07) is 0. The van der Waals surface area contributed by atoms with E-state index in [1.54, 1.807) is 0 Å². The molecule has 0 aliphatic carbocycles. The Bertz CT molecular complexity index is 136. The zero-order chi connectivity index (χ0) is 8.91. The van der Waals surface area contributed by atoms with E-state index >= 15 is 0 Å². The quantitative estimate of drug-likeness (QED) is 0.531. The van der Waals surface area contributed by atoms with Crippen LogP contribution in [0.3, 0.4) is 0 Å². The highest BCUT2D eigenvalue weighted by atomic mass is 32.9. The first kappa shape index (κ1) is 12.0. The van der Waals surface area contributed by atoms with Crippen LogP contribution in [0.5, 0.6) is 0 Å². The van der Waals surface area contributed by atoms with E-state index in [0.29, 0.717) is 5.16 Å². The van der Waals surface area contributed by atoms with Crippen LogP contribution in [0.1, 0.15) is 46.5 Å². The molecule has 0 amide bonds. The molecule has 0 radical (unpaired) electrons. The molecule has 0 nitrogen and oxygen atoms in total. The topological polar surface area (TPSA) is 0 Å². The van der Waals surface area contributed by atoms with Gasteiger partial charge in [-0.15, -0.1) is 12.2 Å². The molecule has 0 aromatic rings. The molecule has 0 heterocycles. The minimum atomic E-state index is -0.817. The standard InChI is InChI=1S/C8H19PS2/c1-4-6-7-8(3,5-2)9(10)11/h9H,4-7H2,1-3H3,(H,10,11). The summed E-state index contributed by atoms with van der Waals surface area (Å²) in [5.41, 5.74) is 0. The maximum Gasteiger partial charge on any atom is 0.00231 e. The fourth-order valence-electron chi connectivity index (χ4n) is 1.00. The van der Waals surface area contributed by atoms with Gasteiger partial charge in [0.2, 0.25) is 0 Å². The summed E-state index contributed by atoms with van der Waals surface area (Å²) in [7, 11) is 0. The molecule has 0 spiro atoms. The summed E-state index contributed by atoms with van der Waals surface area (Å²) >= 11 is 9.74. The van der Waals surface area contributed by atoms with Gasteiger partial charge in [0.1, 0.15) is 0 Å². The first-order valence-electron chi connectivity index (χ1n) is 4.30. The normalized spacial score (nSPS) is 19.3. The van der Waals surface area contributed by atoms with Crippen LogP contribution in [0.25, 0.3) is 0 Å².